The van der Waals surface area contributed by atoms with Gasteiger partial charge in [-0.15, -0.1) is 0 Å². The number of aliphatic carboxylic acids is 1. The van der Waals surface area contributed by atoms with E-state index in [2.05, 4.69) is 10.3 Å². The van der Waals surface area contributed by atoms with Gasteiger partial charge in [0, 0.05) is 24.2 Å². The maximum Gasteiger partial charge on any atom is 0.490 e. The molecule has 2 aromatic rings. The van der Waals surface area contributed by atoms with Crippen LogP contribution in [0.4, 0.5) is 30.7 Å². The summed E-state index contributed by atoms with van der Waals surface area (Å²) in [5.74, 6) is -3.12. The Balaban J connectivity index is 0.000000451. The van der Waals surface area contributed by atoms with E-state index in [1.165, 1.54) is 6.07 Å². The number of carbonyl (C=O) groups is 1. The molecular formula is C19H20F7N3O3. The fraction of sp³-hybridized carbons (Fsp3) is 0.474. The summed E-state index contributed by atoms with van der Waals surface area (Å²) in [6.45, 7) is 1.92. The van der Waals surface area contributed by atoms with Gasteiger partial charge in [0.25, 0.3) is 0 Å². The van der Waals surface area contributed by atoms with Crippen molar-refractivity contribution in [3.63, 3.8) is 0 Å². The van der Waals surface area contributed by atoms with Crippen LogP contribution >= 0.6 is 0 Å². The molecule has 3 rings (SSSR count). The number of aliphatic hydroxyl groups is 1. The van der Waals surface area contributed by atoms with Gasteiger partial charge >= 0.3 is 18.3 Å². The van der Waals surface area contributed by atoms with Gasteiger partial charge in [-0.1, -0.05) is 0 Å². The molecule has 1 fully saturated rings. The lowest BCUT2D eigenvalue weighted by Crippen LogP contribution is -2.28. The van der Waals surface area contributed by atoms with E-state index >= 15 is 0 Å². The third kappa shape index (κ3) is 6.66. The second-order valence-corrected chi connectivity index (χ2v) is 6.92. The fourth-order valence-electron chi connectivity index (χ4n) is 3.16. The summed E-state index contributed by atoms with van der Waals surface area (Å²) in [6.07, 6.45) is -6.47. The molecule has 6 nitrogen and oxygen atoms in total. The van der Waals surface area contributed by atoms with Crippen molar-refractivity contribution in [2.24, 2.45) is 0 Å². The van der Waals surface area contributed by atoms with Crippen molar-refractivity contribution < 1.29 is 45.7 Å². The van der Waals surface area contributed by atoms with E-state index < -0.39 is 29.7 Å². The summed E-state index contributed by atoms with van der Waals surface area (Å²) in [7, 11) is 0. The summed E-state index contributed by atoms with van der Waals surface area (Å²) in [5, 5.41) is 19.6. The van der Waals surface area contributed by atoms with Crippen LogP contribution in [0.25, 0.3) is 11.3 Å². The van der Waals surface area contributed by atoms with Crippen molar-refractivity contribution in [1.82, 2.24) is 14.9 Å². The minimum Gasteiger partial charge on any atom is -0.475 e. The Bertz CT molecular complexity index is 920. The van der Waals surface area contributed by atoms with Crippen molar-refractivity contribution in [3.8, 4) is 11.3 Å². The Labute approximate surface area is 177 Å². The predicted molar refractivity (Wildman–Crippen MR) is 98.2 cm³/mol. The number of halogens is 7. The minimum atomic E-state index is -5.08. The topological polar surface area (TPSA) is 87.4 Å². The predicted octanol–water partition coefficient (Wildman–Crippen LogP) is 3.80. The van der Waals surface area contributed by atoms with Crippen LogP contribution in [-0.4, -0.2) is 51.6 Å². The van der Waals surface area contributed by atoms with Gasteiger partial charge in [0.15, 0.2) is 0 Å². The van der Waals surface area contributed by atoms with E-state index in [9.17, 15) is 35.8 Å². The molecule has 0 amide bonds. The Morgan fingerprint density at radius 2 is 1.75 bits per heavy atom. The van der Waals surface area contributed by atoms with Crippen LogP contribution in [0.1, 0.15) is 30.1 Å². The molecule has 13 heteroatoms. The van der Waals surface area contributed by atoms with Gasteiger partial charge < -0.3 is 20.1 Å². The zero-order valence-corrected chi connectivity index (χ0v) is 16.5. The molecule has 2 heterocycles. The highest BCUT2D eigenvalue weighted by Gasteiger charge is 2.38. The lowest BCUT2D eigenvalue weighted by atomic mass is 9.97. The Hall–Kier alpha value is -2.67. The van der Waals surface area contributed by atoms with Crippen LogP contribution in [0.3, 0.4) is 0 Å². The van der Waals surface area contributed by atoms with Crippen molar-refractivity contribution in [3.05, 3.63) is 41.6 Å². The van der Waals surface area contributed by atoms with Gasteiger partial charge in [-0.2, -0.15) is 26.3 Å². The second kappa shape index (κ2) is 10.3. The van der Waals surface area contributed by atoms with Crippen molar-refractivity contribution in [2.45, 2.75) is 37.7 Å². The van der Waals surface area contributed by atoms with E-state index in [0.29, 0.717) is 12.2 Å². The fourth-order valence-corrected chi connectivity index (χ4v) is 3.16. The van der Waals surface area contributed by atoms with Crippen LogP contribution in [0.5, 0.6) is 0 Å². The average molecular weight is 471 g/mol. The molecule has 178 valence electrons. The monoisotopic (exact) mass is 471 g/mol. The molecular weight excluding hydrogens is 451 g/mol. The van der Waals surface area contributed by atoms with Crippen LogP contribution in [-0.2, 0) is 17.5 Å². The van der Waals surface area contributed by atoms with Gasteiger partial charge in [-0.3, -0.25) is 0 Å². The molecule has 0 bridgehead atoms. The number of hydrogen-bond donors (Lipinski definition) is 3. The summed E-state index contributed by atoms with van der Waals surface area (Å²) in [5.41, 5.74) is -0.738. The number of carboxylic acid groups (broad SMARTS) is 1. The Morgan fingerprint density at radius 3 is 2.25 bits per heavy atom. The Kier molecular flexibility index (Phi) is 8.24. The molecule has 1 aliphatic heterocycles. The molecule has 0 atom stereocenters. The summed E-state index contributed by atoms with van der Waals surface area (Å²) >= 11 is 0. The second-order valence-electron chi connectivity index (χ2n) is 6.92. The number of hydrogen-bond acceptors (Lipinski definition) is 4. The van der Waals surface area contributed by atoms with E-state index in [4.69, 9.17) is 9.90 Å². The first-order valence-corrected chi connectivity index (χ1v) is 9.40. The van der Waals surface area contributed by atoms with E-state index in [-0.39, 0.29) is 18.1 Å². The third-order valence-corrected chi connectivity index (χ3v) is 4.66. The molecule has 1 saturated heterocycles. The standard InChI is InChI=1S/C17H19F4N3O.C2HF3O2/c18-14-2-1-12(9-13(14)17(19,20)21)15-10-24(7-8-25)16(23-15)11-3-5-22-6-4-11;3-2(4,5)1(6)7/h1-2,9-11,22,25H,3-8H2;(H,6,7). The molecule has 32 heavy (non-hydrogen) atoms. The quantitative estimate of drug-likeness (QED) is 0.591. The maximum atomic E-state index is 13.5. The molecule has 0 unspecified atom stereocenters. The van der Waals surface area contributed by atoms with E-state index in [0.717, 1.165) is 43.9 Å². The zero-order valence-electron chi connectivity index (χ0n) is 16.5. The first kappa shape index (κ1) is 25.6. The summed E-state index contributed by atoms with van der Waals surface area (Å²) in [6, 6.07) is 2.89. The highest BCUT2D eigenvalue weighted by Crippen LogP contribution is 2.35. The molecule has 1 aliphatic rings. The van der Waals surface area contributed by atoms with Crippen molar-refractivity contribution in [1.29, 1.82) is 0 Å². The number of imidazole rings is 1. The average Bonchev–Trinajstić information content (AvgIpc) is 3.12. The van der Waals surface area contributed by atoms with Crippen LogP contribution in [0, 0.1) is 5.82 Å². The zero-order chi connectivity index (χ0) is 24.1. The lowest BCUT2D eigenvalue weighted by molar-refractivity contribution is -0.192. The maximum absolute atomic E-state index is 13.5. The normalized spacial score (nSPS) is 15.2. The third-order valence-electron chi connectivity index (χ3n) is 4.66. The molecule has 0 radical (unpaired) electrons. The van der Waals surface area contributed by atoms with Crippen LogP contribution < -0.4 is 5.32 Å². The molecule has 0 spiro atoms. The van der Waals surface area contributed by atoms with Gasteiger partial charge in [-0.05, 0) is 44.1 Å². The number of rotatable bonds is 4. The summed E-state index contributed by atoms with van der Waals surface area (Å²) in [4.78, 5) is 13.4. The van der Waals surface area contributed by atoms with E-state index in [1.54, 1.807) is 10.8 Å². The van der Waals surface area contributed by atoms with Gasteiger partial charge in [0.2, 0.25) is 0 Å². The van der Waals surface area contributed by atoms with E-state index in [1.807, 2.05) is 0 Å². The molecule has 0 aliphatic carbocycles. The highest BCUT2D eigenvalue weighted by molar-refractivity contribution is 5.73. The van der Waals surface area contributed by atoms with Gasteiger partial charge in [0.1, 0.15) is 11.6 Å². The smallest absolute Gasteiger partial charge is 0.475 e. The largest absolute Gasteiger partial charge is 0.490 e. The highest BCUT2D eigenvalue weighted by atomic mass is 19.4. The number of alkyl halides is 6. The van der Waals surface area contributed by atoms with Gasteiger partial charge in [-0.25, -0.2) is 14.2 Å². The lowest BCUT2D eigenvalue weighted by Gasteiger charge is -2.22. The number of nitrogens with one attached hydrogen (secondary N) is 1. The molecule has 1 aromatic carbocycles. The number of aromatic nitrogens is 2. The van der Waals surface area contributed by atoms with Crippen LogP contribution in [0.2, 0.25) is 0 Å². The number of benzene rings is 1. The first-order valence-electron chi connectivity index (χ1n) is 9.40. The minimum absolute atomic E-state index is 0.0923. The summed E-state index contributed by atoms with van der Waals surface area (Å²) < 4.78 is 85.8. The van der Waals surface area contributed by atoms with Crippen molar-refractivity contribution in [2.75, 3.05) is 19.7 Å². The van der Waals surface area contributed by atoms with Gasteiger partial charge in [0.05, 0.1) is 17.9 Å². The number of aliphatic hydroxyl groups excluding tert-OH is 1. The Morgan fingerprint density at radius 1 is 1.16 bits per heavy atom. The number of nitrogens with zero attached hydrogens (tertiary/aromatic N) is 2. The number of carboxylic acids is 1. The van der Waals surface area contributed by atoms with Crippen molar-refractivity contribution >= 4 is 5.97 Å². The molecule has 3 N–H and O–H groups in total. The van der Waals surface area contributed by atoms with Crippen LogP contribution in [0.15, 0.2) is 24.4 Å². The molecule has 0 saturated carbocycles. The SMILES string of the molecule is O=C(O)C(F)(F)F.OCCn1cc(-c2ccc(F)c(C(F)(F)F)c2)nc1C1CCNCC1. The molecule has 1 aromatic heterocycles. The number of piperidine rings is 1. The first-order chi connectivity index (χ1) is 14.8.